The zero-order valence-electron chi connectivity index (χ0n) is 11.7. The number of hydrogen-bond acceptors (Lipinski definition) is 5. The summed E-state index contributed by atoms with van der Waals surface area (Å²) < 4.78 is 32.5. The molecule has 2 rings (SSSR count). The fraction of sp³-hybridized carbons (Fsp3) is 0.385. The maximum Gasteiger partial charge on any atom is 0.300 e. The lowest BCUT2D eigenvalue weighted by Gasteiger charge is -2.05. The van der Waals surface area contributed by atoms with Gasteiger partial charge < -0.3 is 4.42 Å². The van der Waals surface area contributed by atoms with Crippen molar-refractivity contribution in [2.75, 3.05) is 5.75 Å². The van der Waals surface area contributed by atoms with Crippen LogP contribution in [0.3, 0.4) is 0 Å². The van der Waals surface area contributed by atoms with Crippen LogP contribution in [0.1, 0.15) is 29.7 Å². The van der Waals surface area contributed by atoms with E-state index in [2.05, 4.69) is 5.10 Å². The Hall–Kier alpha value is -2.09. The molecular formula is C13H17N3O4S. The zero-order chi connectivity index (χ0) is 15.3. The summed E-state index contributed by atoms with van der Waals surface area (Å²) in [6.45, 7) is 2.36. The second-order valence-corrected chi connectivity index (χ2v) is 6.33. The fourth-order valence-electron chi connectivity index (χ4n) is 1.78. The topological polar surface area (TPSA) is 94.2 Å². The Morgan fingerprint density at radius 1 is 1.43 bits per heavy atom. The van der Waals surface area contributed by atoms with Crippen LogP contribution in [0, 0.1) is 0 Å². The van der Waals surface area contributed by atoms with Crippen LogP contribution in [0.5, 0.6) is 0 Å². The zero-order valence-corrected chi connectivity index (χ0v) is 12.5. The molecule has 21 heavy (non-hydrogen) atoms. The van der Waals surface area contributed by atoms with Crippen molar-refractivity contribution < 1.29 is 17.6 Å². The van der Waals surface area contributed by atoms with Crippen molar-refractivity contribution in [2.24, 2.45) is 0 Å². The summed E-state index contributed by atoms with van der Waals surface area (Å²) in [7, 11) is -3.68. The largest absolute Gasteiger partial charge is 0.456 e. The molecule has 0 saturated carbocycles. The Bertz CT molecular complexity index is 689. The van der Waals surface area contributed by atoms with E-state index in [0.29, 0.717) is 25.1 Å². The number of nitrogens with zero attached hydrogens (tertiary/aromatic N) is 2. The average Bonchev–Trinajstić information content (AvgIpc) is 3.08. The number of rotatable bonds is 7. The molecule has 2 aromatic heterocycles. The summed E-state index contributed by atoms with van der Waals surface area (Å²) in [4.78, 5) is 11.8. The molecule has 0 unspecified atom stereocenters. The number of amides is 1. The summed E-state index contributed by atoms with van der Waals surface area (Å²) in [5.74, 6) is -0.257. The predicted molar refractivity (Wildman–Crippen MR) is 76.2 cm³/mol. The van der Waals surface area contributed by atoms with Gasteiger partial charge in [0.15, 0.2) is 5.76 Å². The Kier molecular flexibility index (Phi) is 4.79. The molecule has 1 N–H and O–H groups in total. The van der Waals surface area contributed by atoms with Gasteiger partial charge in [0.1, 0.15) is 5.76 Å². The first kappa shape index (κ1) is 15.3. The van der Waals surface area contributed by atoms with E-state index >= 15 is 0 Å². The number of sulfonamides is 1. The molecular weight excluding hydrogens is 294 g/mol. The fourth-order valence-corrected chi connectivity index (χ4v) is 2.78. The number of carbonyl (C=O) groups is 1. The lowest BCUT2D eigenvalue weighted by atomic mass is 10.3. The van der Waals surface area contributed by atoms with Gasteiger partial charge in [-0.2, -0.15) is 5.10 Å². The predicted octanol–water partition coefficient (Wildman–Crippen LogP) is 1.19. The van der Waals surface area contributed by atoms with Gasteiger partial charge in [0.05, 0.1) is 5.75 Å². The summed E-state index contributed by atoms with van der Waals surface area (Å²) in [6, 6.07) is 4.88. The van der Waals surface area contributed by atoms with E-state index in [0.717, 1.165) is 0 Å². The quantitative estimate of drug-likeness (QED) is 0.829. The lowest BCUT2D eigenvalue weighted by Crippen LogP contribution is -2.32. The maximum atomic E-state index is 11.8. The maximum absolute atomic E-state index is 11.8. The highest BCUT2D eigenvalue weighted by molar-refractivity contribution is 7.90. The van der Waals surface area contributed by atoms with E-state index < -0.39 is 15.9 Å². The summed E-state index contributed by atoms with van der Waals surface area (Å²) in [5.41, 5.74) is 0. The molecule has 0 saturated heterocycles. The number of furan rings is 1. The third-order valence-electron chi connectivity index (χ3n) is 2.84. The minimum Gasteiger partial charge on any atom is -0.456 e. The average molecular weight is 311 g/mol. The van der Waals surface area contributed by atoms with Gasteiger partial charge in [-0.05, 0) is 24.6 Å². The molecule has 0 spiro atoms. The molecule has 2 heterocycles. The smallest absolute Gasteiger partial charge is 0.300 e. The minimum atomic E-state index is -3.68. The van der Waals surface area contributed by atoms with Crippen molar-refractivity contribution in [2.45, 2.75) is 26.3 Å². The summed E-state index contributed by atoms with van der Waals surface area (Å²) >= 11 is 0. The molecule has 2 aromatic rings. The molecule has 1 amide bonds. The summed E-state index contributed by atoms with van der Waals surface area (Å²) in [5, 5.41) is 3.98. The molecule has 0 aromatic carbocycles. The highest BCUT2D eigenvalue weighted by Gasteiger charge is 2.18. The Balaban J connectivity index is 1.86. The molecule has 0 aliphatic heterocycles. The Labute approximate surface area is 123 Å². The molecule has 0 aliphatic carbocycles. The molecule has 0 radical (unpaired) electrons. The van der Waals surface area contributed by atoms with Crippen molar-refractivity contribution in [1.82, 2.24) is 14.5 Å². The lowest BCUT2D eigenvalue weighted by molar-refractivity contribution is 0.0953. The van der Waals surface area contributed by atoms with Gasteiger partial charge in [0.2, 0.25) is 10.0 Å². The first-order valence-corrected chi connectivity index (χ1v) is 8.26. The van der Waals surface area contributed by atoms with E-state index in [1.54, 1.807) is 29.2 Å². The van der Waals surface area contributed by atoms with E-state index in [4.69, 9.17) is 4.42 Å². The van der Waals surface area contributed by atoms with Crippen LogP contribution in [-0.2, 0) is 23.0 Å². The highest BCUT2D eigenvalue weighted by atomic mass is 32.2. The van der Waals surface area contributed by atoms with E-state index in [9.17, 15) is 13.2 Å². The van der Waals surface area contributed by atoms with Crippen LogP contribution in [0.25, 0.3) is 0 Å². The molecule has 114 valence electrons. The van der Waals surface area contributed by atoms with Gasteiger partial charge in [0.25, 0.3) is 5.91 Å². The first-order chi connectivity index (χ1) is 10.00. The molecule has 0 atom stereocenters. The highest BCUT2D eigenvalue weighted by Crippen LogP contribution is 2.08. The molecule has 7 nitrogen and oxygen atoms in total. The number of aryl methyl sites for hydroxylation is 2. The van der Waals surface area contributed by atoms with Crippen LogP contribution >= 0.6 is 0 Å². The summed E-state index contributed by atoms with van der Waals surface area (Å²) in [6.07, 6.45) is 4.38. The van der Waals surface area contributed by atoms with Crippen LogP contribution in [0.2, 0.25) is 0 Å². The van der Waals surface area contributed by atoms with E-state index in [-0.39, 0.29) is 11.5 Å². The van der Waals surface area contributed by atoms with E-state index in [1.807, 2.05) is 11.6 Å². The van der Waals surface area contributed by atoms with Crippen molar-refractivity contribution in [3.05, 3.63) is 42.1 Å². The number of carbonyl (C=O) groups excluding carboxylic acids is 1. The second-order valence-electron chi connectivity index (χ2n) is 4.49. The molecule has 0 bridgehead atoms. The number of aromatic nitrogens is 2. The number of nitrogens with one attached hydrogen (secondary N) is 1. The third-order valence-corrected chi connectivity index (χ3v) is 4.16. The van der Waals surface area contributed by atoms with Crippen molar-refractivity contribution in [3.63, 3.8) is 0 Å². The van der Waals surface area contributed by atoms with Gasteiger partial charge in [-0.3, -0.25) is 9.48 Å². The van der Waals surface area contributed by atoms with Crippen LogP contribution in [0.4, 0.5) is 0 Å². The van der Waals surface area contributed by atoms with E-state index in [1.165, 1.54) is 6.07 Å². The van der Waals surface area contributed by atoms with Crippen molar-refractivity contribution in [1.29, 1.82) is 0 Å². The van der Waals surface area contributed by atoms with Gasteiger partial charge in [0, 0.05) is 25.4 Å². The monoisotopic (exact) mass is 311 g/mol. The van der Waals surface area contributed by atoms with Gasteiger partial charge in [-0.1, -0.05) is 6.92 Å². The normalized spacial score (nSPS) is 11.5. The molecule has 0 fully saturated rings. The Morgan fingerprint density at radius 2 is 2.24 bits per heavy atom. The minimum absolute atomic E-state index is 0.00232. The van der Waals surface area contributed by atoms with Gasteiger partial charge in [-0.15, -0.1) is 0 Å². The van der Waals surface area contributed by atoms with Crippen LogP contribution in [0.15, 0.2) is 35.0 Å². The van der Waals surface area contributed by atoms with Gasteiger partial charge >= 0.3 is 0 Å². The van der Waals surface area contributed by atoms with Gasteiger partial charge in [-0.25, -0.2) is 13.1 Å². The first-order valence-electron chi connectivity index (χ1n) is 6.61. The second kappa shape index (κ2) is 6.57. The molecule has 0 aliphatic rings. The number of hydrogen-bond donors (Lipinski definition) is 1. The van der Waals surface area contributed by atoms with Crippen LogP contribution < -0.4 is 4.72 Å². The standard InChI is InChI=1S/C13H17N3O4S/c1-2-11-5-6-12(20-11)13(17)15-21(18,19)10-4-9-16-8-3-7-14-16/h3,5-8H,2,4,9-10H2,1H3,(H,15,17). The van der Waals surface area contributed by atoms with Crippen molar-refractivity contribution in [3.8, 4) is 0 Å². The third kappa shape index (κ3) is 4.45. The Morgan fingerprint density at radius 3 is 2.86 bits per heavy atom. The molecule has 8 heteroatoms. The SMILES string of the molecule is CCc1ccc(C(=O)NS(=O)(=O)CCCn2cccn2)o1. The van der Waals surface area contributed by atoms with Crippen molar-refractivity contribution >= 4 is 15.9 Å². The van der Waals surface area contributed by atoms with Crippen LogP contribution in [-0.4, -0.2) is 29.9 Å².